The number of benzene rings is 1. The van der Waals surface area contributed by atoms with Gasteiger partial charge in [0.25, 0.3) is 0 Å². The molecule has 2 aliphatic heterocycles. The lowest BCUT2D eigenvalue weighted by atomic mass is 10.0. The van der Waals surface area contributed by atoms with Crippen LogP contribution in [0.25, 0.3) is 11.3 Å². The predicted octanol–water partition coefficient (Wildman–Crippen LogP) is 3.44. The Morgan fingerprint density at radius 1 is 0.778 bits per heavy atom. The first kappa shape index (κ1) is 18.4. The molecule has 0 N–H and O–H groups in total. The van der Waals surface area contributed by atoms with Crippen LogP contribution in [0.4, 0.5) is 5.82 Å². The molecule has 5 heteroatoms. The van der Waals surface area contributed by atoms with E-state index in [0.717, 1.165) is 43.3 Å². The molecule has 3 heterocycles. The summed E-state index contributed by atoms with van der Waals surface area (Å²) in [5.41, 5.74) is 3.48. The molecule has 27 heavy (non-hydrogen) atoms. The first-order valence-corrected chi connectivity index (χ1v) is 10.3. The number of likely N-dealkylation sites (tertiary alicyclic amines) is 1. The first-order chi connectivity index (χ1) is 13.2. The van der Waals surface area contributed by atoms with Gasteiger partial charge in [-0.05, 0) is 57.6 Å². The Labute approximate surface area is 163 Å². The van der Waals surface area contributed by atoms with Crippen LogP contribution in [0.3, 0.4) is 0 Å². The van der Waals surface area contributed by atoms with Crippen molar-refractivity contribution in [3.63, 3.8) is 0 Å². The maximum absolute atomic E-state index is 4.49. The van der Waals surface area contributed by atoms with Gasteiger partial charge in [-0.25, -0.2) is 0 Å². The maximum Gasteiger partial charge on any atom is 0.151 e. The summed E-state index contributed by atoms with van der Waals surface area (Å²) in [4.78, 5) is 7.27. The van der Waals surface area contributed by atoms with Crippen LogP contribution in [0, 0.1) is 0 Å². The molecule has 1 unspecified atom stereocenters. The fourth-order valence-corrected chi connectivity index (χ4v) is 4.13. The molecule has 1 atom stereocenters. The lowest BCUT2D eigenvalue weighted by molar-refractivity contribution is 0.175. The summed E-state index contributed by atoms with van der Waals surface area (Å²) in [6.07, 6.45) is 4.04. The average molecular weight is 366 g/mol. The van der Waals surface area contributed by atoms with Crippen molar-refractivity contribution < 1.29 is 0 Å². The normalized spacial score (nSPS) is 20.6. The van der Waals surface area contributed by atoms with Crippen LogP contribution in [-0.4, -0.2) is 66.3 Å². The van der Waals surface area contributed by atoms with E-state index >= 15 is 0 Å². The average Bonchev–Trinajstić information content (AvgIpc) is 2.75. The van der Waals surface area contributed by atoms with Gasteiger partial charge >= 0.3 is 0 Å². The lowest BCUT2D eigenvalue weighted by Gasteiger charge is -2.33. The second kappa shape index (κ2) is 8.36. The molecule has 2 aromatic rings. The van der Waals surface area contributed by atoms with Crippen LogP contribution < -0.4 is 4.90 Å². The zero-order valence-electron chi connectivity index (χ0n) is 16.6. The highest BCUT2D eigenvalue weighted by molar-refractivity contribution is 5.60. The van der Waals surface area contributed by atoms with E-state index in [-0.39, 0.29) is 0 Å². The second-order valence-corrected chi connectivity index (χ2v) is 7.96. The minimum absolute atomic E-state index is 0.491. The number of aromatic nitrogens is 2. The SMILES string of the molecule is CC(c1ccc(-c2ccc(N3CCN(C)CC3)nn2)cc1)N1CCCCC1. The van der Waals surface area contributed by atoms with Gasteiger partial charge in [-0.1, -0.05) is 30.7 Å². The molecule has 0 radical (unpaired) electrons. The summed E-state index contributed by atoms with van der Waals surface area (Å²) >= 11 is 0. The van der Waals surface area contributed by atoms with Gasteiger partial charge in [0.15, 0.2) is 5.82 Å². The van der Waals surface area contributed by atoms with E-state index in [1.807, 2.05) is 0 Å². The Morgan fingerprint density at radius 3 is 2.11 bits per heavy atom. The molecular formula is C22H31N5. The summed E-state index contributed by atoms with van der Waals surface area (Å²) < 4.78 is 0. The largest absolute Gasteiger partial charge is 0.353 e. The summed E-state index contributed by atoms with van der Waals surface area (Å²) in [7, 11) is 2.17. The predicted molar refractivity (Wildman–Crippen MR) is 111 cm³/mol. The summed E-state index contributed by atoms with van der Waals surface area (Å²) in [5, 5.41) is 8.98. The van der Waals surface area contributed by atoms with Crippen molar-refractivity contribution in [3.8, 4) is 11.3 Å². The number of anilines is 1. The van der Waals surface area contributed by atoms with Gasteiger partial charge in [-0.3, -0.25) is 4.90 Å². The summed E-state index contributed by atoms with van der Waals surface area (Å²) in [6.45, 7) is 8.98. The van der Waals surface area contributed by atoms with Gasteiger partial charge < -0.3 is 9.80 Å². The lowest BCUT2D eigenvalue weighted by Crippen LogP contribution is -2.44. The number of hydrogen-bond donors (Lipinski definition) is 0. The fourth-order valence-electron chi connectivity index (χ4n) is 4.13. The van der Waals surface area contributed by atoms with E-state index in [9.17, 15) is 0 Å². The van der Waals surface area contributed by atoms with Crippen LogP contribution in [0.5, 0.6) is 0 Å². The molecule has 5 nitrogen and oxygen atoms in total. The van der Waals surface area contributed by atoms with Crippen LogP contribution in [-0.2, 0) is 0 Å². The van der Waals surface area contributed by atoms with E-state index in [4.69, 9.17) is 0 Å². The molecule has 2 fully saturated rings. The van der Waals surface area contributed by atoms with Gasteiger partial charge in [0, 0.05) is 37.8 Å². The van der Waals surface area contributed by atoms with Crippen LogP contribution in [0.15, 0.2) is 36.4 Å². The highest BCUT2D eigenvalue weighted by Gasteiger charge is 2.18. The molecule has 0 aliphatic carbocycles. The van der Waals surface area contributed by atoms with E-state index in [1.165, 1.54) is 37.9 Å². The Balaban J connectivity index is 1.42. The number of likely N-dealkylation sites (N-methyl/N-ethyl adjacent to an activating group) is 1. The number of rotatable bonds is 4. The van der Waals surface area contributed by atoms with Crippen molar-refractivity contribution >= 4 is 5.82 Å². The van der Waals surface area contributed by atoms with Crippen molar-refractivity contribution in [3.05, 3.63) is 42.0 Å². The number of piperazine rings is 1. The quantitative estimate of drug-likeness (QED) is 0.829. The molecule has 1 aromatic carbocycles. The van der Waals surface area contributed by atoms with Crippen LogP contribution >= 0.6 is 0 Å². The van der Waals surface area contributed by atoms with Crippen molar-refractivity contribution in [1.82, 2.24) is 20.0 Å². The topological polar surface area (TPSA) is 35.5 Å². The zero-order chi connectivity index (χ0) is 18.6. The van der Waals surface area contributed by atoms with E-state index < -0.39 is 0 Å². The third kappa shape index (κ3) is 4.30. The van der Waals surface area contributed by atoms with Crippen molar-refractivity contribution in [2.75, 3.05) is 51.2 Å². The maximum atomic E-state index is 4.49. The van der Waals surface area contributed by atoms with E-state index in [1.54, 1.807) is 0 Å². The number of hydrogen-bond acceptors (Lipinski definition) is 5. The number of nitrogens with zero attached hydrogens (tertiary/aromatic N) is 5. The third-order valence-corrected chi connectivity index (χ3v) is 6.10. The van der Waals surface area contributed by atoms with E-state index in [0.29, 0.717) is 6.04 Å². The minimum Gasteiger partial charge on any atom is -0.353 e. The van der Waals surface area contributed by atoms with Crippen molar-refractivity contribution in [2.24, 2.45) is 0 Å². The van der Waals surface area contributed by atoms with Crippen molar-refractivity contribution in [1.29, 1.82) is 0 Å². The van der Waals surface area contributed by atoms with Crippen molar-refractivity contribution in [2.45, 2.75) is 32.2 Å². The van der Waals surface area contributed by atoms with E-state index in [2.05, 4.69) is 75.3 Å². The van der Waals surface area contributed by atoms with Gasteiger partial charge in [0.05, 0.1) is 5.69 Å². The zero-order valence-corrected chi connectivity index (χ0v) is 16.6. The molecule has 0 saturated carbocycles. The summed E-state index contributed by atoms with van der Waals surface area (Å²) in [6, 6.07) is 13.6. The summed E-state index contributed by atoms with van der Waals surface area (Å²) in [5.74, 6) is 0.988. The molecule has 144 valence electrons. The Hall–Kier alpha value is -1.98. The minimum atomic E-state index is 0.491. The van der Waals surface area contributed by atoms with Crippen LogP contribution in [0.2, 0.25) is 0 Å². The Bertz CT molecular complexity index is 713. The standard InChI is InChI=1S/C22H31N5/c1-18(26-12-4-3-5-13-26)19-6-8-20(9-7-19)21-10-11-22(24-23-21)27-16-14-25(2)15-17-27/h6-11,18H,3-5,12-17H2,1-2H3. The van der Waals surface area contributed by atoms with Gasteiger partial charge in [0.1, 0.15) is 0 Å². The third-order valence-electron chi connectivity index (χ3n) is 6.10. The Kier molecular flexibility index (Phi) is 5.69. The molecule has 2 saturated heterocycles. The smallest absolute Gasteiger partial charge is 0.151 e. The van der Waals surface area contributed by atoms with Gasteiger partial charge in [-0.15, -0.1) is 10.2 Å². The van der Waals surface area contributed by atoms with Gasteiger partial charge in [0.2, 0.25) is 0 Å². The first-order valence-electron chi connectivity index (χ1n) is 10.3. The Morgan fingerprint density at radius 2 is 1.48 bits per heavy atom. The van der Waals surface area contributed by atoms with Gasteiger partial charge in [-0.2, -0.15) is 0 Å². The molecule has 4 rings (SSSR count). The molecular weight excluding hydrogens is 334 g/mol. The van der Waals surface area contributed by atoms with Crippen LogP contribution in [0.1, 0.15) is 37.8 Å². The molecule has 0 amide bonds. The highest BCUT2D eigenvalue weighted by Crippen LogP contribution is 2.26. The second-order valence-electron chi connectivity index (χ2n) is 7.96. The molecule has 2 aliphatic rings. The molecule has 0 bridgehead atoms. The number of piperidine rings is 1. The molecule has 1 aromatic heterocycles. The highest BCUT2D eigenvalue weighted by atomic mass is 15.3. The molecule has 0 spiro atoms. The fraction of sp³-hybridized carbons (Fsp3) is 0.545. The monoisotopic (exact) mass is 365 g/mol.